The van der Waals surface area contributed by atoms with Gasteiger partial charge in [0.05, 0.1) is 6.10 Å². The number of nitrogens with one attached hydrogen (secondary N) is 1. The van der Waals surface area contributed by atoms with E-state index in [0.717, 1.165) is 30.5 Å². The zero-order chi connectivity index (χ0) is 21.8. The minimum atomic E-state index is -0.153. The molecular formula is C26H30N2O3. The largest absolute Gasteiger partial charge is 0.491 e. The molecule has 31 heavy (non-hydrogen) atoms. The number of hydrogen-bond donors (Lipinski definition) is 1. The van der Waals surface area contributed by atoms with Gasteiger partial charge in [0.1, 0.15) is 5.75 Å². The van der Waals surface area contributed by atoms with Crippen LogP contribution in [0.25, 0.3) is 10.9 Å². The number of ether oxygens (including phenoxy) is 1. The summed E-state index contributed by atoms with van der Waals surface area (Å²) in [5, 5.41) is 1.17. The third-order valence-corrected chi connectivity index (χ3v) is 5.92. The fourth-order valence-corrected chi connectivity index (χ4v) is 4.39. The van der Waals surface area contributed by atoms with Crippen LogP contribution in [0.4, 0.5) is 0 Å². The maximum atomic E-state index is 13.1. The Morgan fingerprint density at radius 3 is 2.84 bits per heavy atom. The van der Waals surface area contributed by atoms with Crippen molar-refractivity contribution in [2.24, 2.45) is 5.92 Å². The van der Waals surface area contributed by atoms with Crippen LogP contribution < -0.4 is 4.74 Å². The Morgan fingerprint density at radius 1 is 1.16 bits per heavy atom. The van der Waals surface area contributed by atoms with Gasteiger partial charge in [-0.25, -0.2) is 0 Å². The molecule has 162 valence electrons. The first-order valence-electron chi connectivity index (χ1n) is 11.1. The molecule has 5 nitrogen and oxygen atoms in total. The van der Waals surface area contributed by atoms with Crippen LogP contribution in [-0.4, -0.2) is 40.8 Å². The number of aromatic nitrogens is 1. The highest BCUT2D eigenvalue weighted by Crippen LogP contribution is 2.25. The molecule has 1 saturated heterocycles. The van der Waals surface area contributed by atoms with Crippen molar-refractivity contribution >= 4 is 22.6 Å². The number of hydrogen-bond acceptors (Lipinski definition) is 3. The number of benzene rings is 2. The van der Waals surface area contributed by atoms with Crippen LogP contribution >= 0.6 is 0 Å². The van der Waals surface area contributed by atoms with Gasteiger partial charge in [0, 0.05) is 48.1 Å². The second-order valence-electron chi connectivity index (χ2n) is 8.60. The number of aromatic amines is 1. The summed E-state index contributed by atoms with van der Waals surface area (Å²) in [5.41, 5.74) is 2.92. The van der Waals surface area contributed by atoms with Crippen LogP contribution in [0.1, 0.15) is 49.0 Å². The number of carbonyl (C=O) groups is 2. The molecule has 0 saturated carbocycles. The van der Waals surface area contributed by atoms with Crippen LogP contribution in [0.2, 0.25) is 0 Å². The summed E-state index contributed by atoms with van der Waals surface area (Å²) in [6.45, 7) is 5.17. The van der Waals surface area contributed by atoms with Crippen LogP contribution in [0.5, 0.6) is 5.75 Å². The molecule has 0 spiro atoms. The van der Waals surface area contributed by atoms with Crippen molar-refractivity contribution in [1.29, 1.82) is 0 Å². The topological polar surface area (TPSA) is 62.4 Å². The van der Waals surface area contributed by atoms with E-state index in [1.165, 1.54) is 5.39 Å². The predicted molar refractivity (Wildman–Crippen MR) is 122 cm³/mol. The van der Waals surface area contributed by atoms with Gasteiger partial charge in [-0.05, 0) is 56.9 Å². The van der Waals surface area contributed by atoms with E-state index in [9.17, 15) is 9.59 Å². The third-order valence-electron chi connectivity index (χ3n) is 5.92. The Hall–Kier alpha value is -3.08. The highest BCUT2D eigenvalue weighted by atomic mass is 16.5. The van der Waals surface area contributed by atoms with Gasteiger partial charge in [0.25, 0.3) is 0 Å². The second kappa shape index (κ2) is 9.38. The lowest BCUT2D eigenvalue weighted by Gasteiger charge is -2.32. The van der Waals surface area contributed by atoms with Crippen LogP contribution in [0.15, 0.2) is 54.7 Å². The monoisotopic (exact) mass is 418 g/mol. The number of carbonyl (C=O) groups excluding carboxylic acids is 2. The molecule has 1 amide bonds. The molecule has 1 atom stereocenters. The molecule has 3 aromatic rings. The van der Waals surface area contributed by atoms with Crippen molar-refractivity contribution in [2.75, 3.05) is 13.1 Å². The van der Waals surface area contributed by atoms with Crippen molar-refractivity contribution in [3.05, 3.63) is 65.9 Å². The number of amides is 1. The maximum Gasteiger partial charge on any atom is 0.222 e. The second-order valence-corrected chi connectivity index (χ2v) is 8.60. The van der Waals surface area contributed by atoms with E-state index in [4.69, 9.17) is 4.74 Å². The van der Waals surface area contributed by atoms with Crippen molar-refractivity contribution in [2.45, 2.75) is 45.6 Å². The van der Waals surface area contributed by atoms with Crippen LogP contribution in [-0.2, 0) is 11.2 Å². The summed E-state index contributed by atoms with van der Waals surface area (Å²) in [4.78, 5) is 31.1. The summed E-state index contributed by atoms with van der Waals surface area (Å²) in [6, 6.07) is 15.5. The molecule has 0 aliphatic carbocycles. The first kappa shape index (κ1) is 21.2. The molecule has 1 aliphatic heterocycles. The molecule has 1 N–H and O–H groups in total. The molecule has 1 aromatic heterocycles. The van der Waals surface area contributed by atoms with Gasteiger partial charge in [0.2, 0.25) is 5.91 Å². The minimum Gasteiger partial charge on any atom is -0.491 e. The smallest absolute Gasteiger partial charge is 0.222 e. The Bertz CT molecular complexity index is 1070. The normalized spacial score (nSPS) is 16.6. The lowest BCUT2D eigenvalue weighted by atomic mass is 9.89. The van der Waals surface area contributed by atoms with E-state index in [1.807, 2.05) is 67.4 Å². The highest BCUT2D eigenvalue weighted by molar-refractivity contribution is 5.98. The summed E-state index contributed by atoms with van der Waals surface area (Å²) < 4.78 is 5.73. The highest BCUT2D eigenvalue weighted by Gasteiger charge is 2.29. The lowest BCUT2D eigenvalue weighted by molar-refractivity contribution is -0.132. The summed E-state index contributed by atoms with van der Waals surface area (Å²) in [5.74, 6) is 0.784. The number of fused-ring (bicyclic) bond motifs is 1. The fraction of sp³-hybridized carbons (Fsp3) is 0.385. The molecule has 5 heteroatoms. The van der Waals surface area contributed by atoms with Crippen molar-refractivity contribution in [3.63, 3.8) is 0 Å². The molecule has 2 aromatic carbocycles. The number of rotatable bonds is 7. The Balaban J connectivity index is 1.37. The molecule has 4 rings (SSSR count). The van der Waals surface area contributed by atoms with Gasteiger partial charge in [-0.1, -0.05) is 30.3 Å². The first-order valence-corrected chi connectivity index (χ1v) is 11.1. The standard InChI is InChI=1S/C26H30N2O3/c1-18(2)31-22-9-5-7-19(15-22)26(30)21-8-6-14-28(17-21)25(29)13-12-20-16-27-24-11-4-3-10-23(20)24/h3-5,7,9-11,15-16,18,21,27H,6,8,12-14,17H2,1-2H3/t21-/m0/s1. The average molecular weight is 419 g/mol. The van der Waals surface area contributed by atoms with Crippen molar-refractivity contribution < 1.29 is 14.3 Å². The lowest BCUT2D eigenvalue weighted by Crippen LogP contribution is -2.42. The van der Waals surface area contributed by atoms with E-state index in [0.29, 0.717) is 30.7 Å². The average Bonchev–Trinajstić information content (AvgIpc) is 3.20. The van der Waals surface area contributed by atoms with Crippen LogP contribution in [0.3, 0.4) is 0 Å². The Morgan fingerprint density at radius 2 is 2.00 bits per heavy atom. The SMILES string of the molecule is CC(C)Oc1cccc(C(=O)[C@H]2CCCN(C(=O)CCc3c[nH]c4ccccc34)C2)c1. The molecule has 0 radical (unpaired) electrons. The molecule has 2 heterocycles. The number of piperidine rings is 1. The molecule has 0 unspecified atom stereocenters. The number of aryl methyl sites for hydroxylation is 1. The predicted octanol–water partition coefficient (Wildman–Crippen LogP) is 5.01. The quantitative estimate of drug-likeness (QED) is 0.549. The van der Waals surface area contributed by atoms with Gasteiger partial charge >= 0.3 is 0 Å². The summed E-state index contributed by atoms with van der Waals surface area (Å²) in [6.07, 6.45) is 4.89. The number of Topliss-reactive ketones (excluding diaryl/α,β-unsaturated/α-hetero) is 1. The zero-order valence-electron chi connectivity index (χ0n) is 18.3. The van der Waals surface area contributed by atoms with E-state index in [-0.39, 0.29) is 23.7 Å². The Labute approximate surface area is 183 Å². The van der Waals surface area contributed by atoms with Gasteiger partial charge in [-0.3, -0.25) is 9.59 Å². The van der Waals surface area contributed by atoms with Crippen LogP contribution in [0, 0.1) is 5.92 Å². The number of H-pyrrole nitrogens is 1. The molecule has 0 bridgehead atoms. The number of likely N-dealkylation sites (tertiary alicyclic amines) is 1. The molecular weight excluding hydrogens is 388 g/mol. The first-order chi connectivity index (χ1) is 15.0. The summed E-state index contributed by atoms with van der Waals surface area (Å²) >= 11 is 0. The van der Waals surface area contributed by atoms with Crippen molar-refractivity contribution in [1.82, 2.24) is 9.88 Å². The molecule has 1 aliphatic rings. The Kier molecular flexibility index (Phi) is 6.40. The number of nitrogens with zero attached hydrogens (tertiary/aromatic N) is 1. The van der Waals surface area contributed by atoms with Crippen molar-refractivity contribution in [3.8, 4) is 5.75 Å². The van der Waals surface area contributed by atoms with Gasteiger partial charge in [-0.15, -0.1) is 0 Å². The summed E-state index contributed by atoms with van der Waals surface area (Å²) in [7, 11) is 0. The number of para-hydroxylation sites is 1. The van der Waals surface area contributed by atoms with E-state index >= 15 is 0 Å². The van der Waals surface area contributed by atoms with E-state index < -0.39 is 0 Å². The minimum absolute atomic E-state index is 0.0605. The zero-order valence-corrected chi connectivity index (χ0v) is 18.3. The van der Waals surface area contributed by atoms with E-state index in [1.54, 1.807) is 0 Å². The maximum absolute atomic E-state index is 13.1. The van der Waals surface area contributed by atoms with E-state index in [2.05, 4.69) is 11.1 Å². The molecule has 1 fully saturated rings. The third kappa shape index (κ3) is 4.98. The number of ketones is 1. The van der Waals surface area contributed by atoms with Gasteiger partial charge in [-0.2, -0.15) is 0 Å². The van der Waals surface area contributed by atoms with Gasteiger partial charge in [0.15, 0.2) is 5.78 Å². The van der Waals surface area contributed by atoms with Gasteiger partial charge < -0.3 is 14.6 Å². The fourth-order valence-electron chi connectivity index (χ4n) is 4.39.